The lowest BCUT2D eigenvalue weighted by Gasteiger charge is -2.12. The number of nitrogens with zero attached hydrogens (tertiary/aromatic N) is 1. The second kappa shape index (κ2) is 9.75. The molecule has 7 nitrogen and oxygen atoms in total. The molecule has 2 aromatic carbocycles. The molecule has 1 N–H and O–H groups in total. The number of methoxy groups -OCH3 is 1. The van der Waals surface area contributed by atoms with Gasteiger partial charge >= 0.3 is 12.1 Å². The molecule has 7 heteroatoms. The summed E-state index contributed by atoms with van der Waals surface area (Å²) >= 11 is 0. The minimum absolute atomic E-state index is 0.165. The van der Waals surface area contributed by atoms with Crippen LogP contribution in [0.3, 0.4) is 0 Å². The number of benzene rings is 2. The first-order valence-corrected chi connectivity index (χ1v) is 9.81. The van der Waals surface area contributed by atoms with Crippen LogP contribution in [0, 0.1) is 0 Å². The Morgan fingerprint density at radius 1 is 1.13 bits per heavy atom. The van der Waals surface area contributed by atoms with Crippen LogP contribution in [0.5, 0.6) is 5.75 Å². The van der Waals surface area contributed by atoms with E-state index in [1.807, 2.05) is 37.3 Å². The van der Waals surface area contributed by atoms with Crippen LogP contribution < -0.4 is 10.1 Å². The van der Waals surface area contributed by atoms with Crippen molar-refractivity contribution in [1.29, 1.82) is 0 Å². The molecule has 0 aliphatic carbocycles. The summed E-state index contributed by atoms with van der Waals surface area (Å²) in [5.74, 6) is -0.228. The molecule has 1 amide bonds. The molecule has 1 heterocycles. The summed E-state index contributed by atoms with van der Waals surface area (Å²) in [7, 11) is 1.34. The van der Waals surface area contributed by atoms with Crippen LogP contribution in [-0.4, -0.2) is 35.7 Å². The van der Waals surface area contributed by atoms with Crippen LogP contribution in [-0.2, 0) is 20.7 Å². The van der Waals surface area contributed by atoms with Gasteiger partial charge in [-0.15, -0.1) is 0 Å². The molecule has 0 aliphatic heterocycles. The summed E-state index contributed by atoms with van der Waals surface area (Å²) in [4.78, 5) is 35.5. The van der Waals surface area contributed by atoms with Crippen LogP contribution in [0.4, 0.5) is 4.79 Å². The summed E-state index contributed by atoms with van der Waals surface area (Å²) < 4.78 is 11.4. The maximum absolute atomic E-state index is 12.3. The maximum atomic E-state index is 12.3. The molecule has 1 aromatic heterocycles. The predicted octanol–water partition coefficient (Wildman–Crippen LogP) is 3.94. The van der Waals surface area contributed by atoms with Gasteiger partial charge in [-0.05, 0) is 48.7 Å². The van der Waals surface area contributed by atoms with Crippen molar-refractivity contribution in [3.05, 3.63) is 71.9 Å². The Labute approximate surface area is 180 Å². The molecule has 0 bridgehead atoms. The summed E-state index contributed by atoms with van der Waals surface area (Å²) in [6.07, 6.45) is 4.92. The average Bonchev–Trinajstić information content (AvgIpc) is 3.10. The molecule has 31 heavy (non-hydrogen) atoms. The first kappa shape index (κ1) is 21.8. The highest BCUT2D eigenvalue weighted by Gasteiger charge is 2.16. The number of aromatic nitrogens is 1. The second-order valence-electron chi connectivity index (χ2n) is 7.12. The SMILES string of the molecule is COC(=O)n1cc(C[C@@H](C)NC(=O)C=Cc2cccc(OC(C)=O)c2)c2ccccc21. The van der Waals surface area contributed by atoms with E-state index in [-0.39, 0.29) is 11.9 Å². The number of ether oxygens (including phenoxy) is 2. The van der Waals surface area contributed by atoms with Gasteiger partial charge in [-0.2, -0.15) is 0 Å². The fourth-order valence-electron chi connectivity index (χ4n) is 3.35. The molecule has 0 spiro atoms. The lowest BCUT2D eigenvalue weighted by atomic mass is 10.1. The van der Waals surface area contributed by atoms with Gasteiger partial charge < -0.3 is 14.8 Å². The van der Waals surface area contributed by atoms with E-state index in [0.29, 0.717) is 12.2 Å². The first-order valence-electron chi connectivity index (χ1n) is 9.81. The predicted molar refractivity (Wildman–Crippen MR) is 118 cm³/mol. The Morgan fingerprint density at radius 2 is 1.90 bits per heavy atom. The van der Waals surface area contributed by atoms with Crippen molar-refractivity contribution in [2.75, 3.05) is 7.11 Å². The average molecular weight is 420 g/mol. The van der Waals surface area contributed by atoms with Crippen LogP contribution in [0.2, 0.25) is 0 Å². The number of hydrogen-bond donors (Lipinski definition) is 1. The molecule has 0 aliphatic rings. The Hall–Kier alpha value is -3.87. The molecular formula is C24H24N2O5. The van der Waals surface area contributed by atoms with Gasteiger partial charge in [0.1, 0.15) is 5.75 Å². The van der Waals surface area contributed by atoms with E-state index in [4.69, 9.17) is 9.47 Å². The second-order valence-corrected chi connectivity index (χ2v) is 7.12. The standard InChI is InChI=1S/C24H24N2O5/c1-16(13-19-15-26(24(29)30-3)22-10-5-4-9-21(19)22)25-23(28)12-11-18-7-6-8-20(14-18)31-17(2)27/h4-12,14-16H,13H2,1-3H3,(H,25,28)/t16-/m1/s1. The third-order valence-corrected chi connectivity index (χ3v) is 4.63. The number of nitrogens with one attached hydrogen (secondary N) is 1. The highest BCUT2D eigenvalue weighted by Crippen LogP contribution is 2.23. The zero-order valence-corrected chi connectivity index (χ0v) is 17.6. The Bertz CT molecular complexity index is 1150. The topological polar surface area (TPSA) is 86.6 Å². The van der Waals surface area contributed by atoms with E-state index in [1.54, 1.807) is 30.5 Å². The number of amides is 1. The van der Waals surface area contributed by atoms with Crippen LogP contribution >= 0.6 is 0 Å². The van der Waals surface area contributed by atoms with Gasteiger partial charge in [0.15, 0.2) is 0 Å². The smallest absolute Gasteiger partial charge is 0.418 e. The minimum atomic E-state index is -0.460. The molecule has 1 atom stereocenters. The fourth-order valence-corrected chi connectivity index (χ4v) is 3.35. The number of carbonyl (C=O) groups excluding carboxylic acids is 3. The minimum Gasteiger partial charge on any atom is -0.452 e. The fraction of sp³-hybridized carbons (Fsp3) is 0.208. The molecule has 0 radical (unpaired) electrons. The molecule has 160 valence electrons. The highest BCUT2D eigenvalue weighted by molar-refractivity contribution is 5.93. The number of esters is 1. The number of hydrogen-bond acceptors (Lipinski definition) is 5. The van der Waals surface area contributed by atoms with E-state index >= 15 is 0 Å². The molecule has 0 fully saturated rings. The van der Waals surface area contributed by atoms with Gasteiger partial charge in [0, 0.05) is 30.6 Å². The van der Waals surface area contributed by atoms with E-state index in [0.717, 1.165) is 22.0 Å². The van der Waals surface area contributed by atoms with Crippen molar-refractivity contribution in [3.8, 4) is 5.75 Å². The molecular weight excluding hydrogens is 396 g/mol. The highest BCUT2D eigenvalue weighted by atomic mass is 16.5. The van der Waals surface area contributed by atoms with Gasteiger partial charge in [0.25, 0.3) is 0 Å². The van der Waals surface area contributed by atoms with Gasteiger partial charge in [0.2, 0.25) is 5.91 Å². The molecule has 0 unspecified atom stereocenters. The van der Waals surface area contributed by atoms with Crippen molar-refractivity contribution in [3.63, 3.8) is 0 Å². The van der Waals surface area contributed by atoms with Gasteiger partial charge in [-0.1, -0.05) is 30.3 Å². The summed E-state index contributed by atoms with van der Waals surface area (Å²) in [6.45, 7) is 3.23. The summed E-state index contributed by atoms with van der Waals surface area (Å²) in [6, 6.07) is 14.3. The van der Waals surface area contributed by atoms with E-state index < -0.39 is 12.1 Å². The lowest BCUT2D eigenvalue weighted by Crippen LogP contribution is -2.32. The summed E-state index contributed by atoms with van der Waals surface area (Å²) in [5, 5.41) is 3.86. The van der Waals surface area contributed by atoms with Crippen LogP contribution in [0.1, 0.15) is 25.0 Å². The van der Waals surface area contributed by atoms with Crippen LogP contribution in [0.15, 0.2) is 60.8 Å². The molecule has 0 saturated heterocycles. The number of rotatable bonds is 6. The first-order chi connectivity index (χ1) is 14.9. The van der Waals surface area contributed by atoms with Crippen molar-refractivity contribution < 1.29 is 23.9 Å². The van der Waals surface area contributed by atoms with Crippen molar-refractivity contribution in [2.45, 2.75) is 26.3 Å². The Balaban J connectivity index is 1.67. The third-order valence-electron chi connectivity index (χ3n) is 4.63. The molecule has 3 rings (SSSR count). The largest absolute Gasteiger partial charge is 0.452 e. The Kier molecular flexibility index (Phi) is 6.87. The van der Waals surface area contributed by atoms with Crippen LogP contribution in [0.25, 0.3) is 17.0 Å². The van der Waals surface area contributed by atoms with Gasteiger partial charge in [-0.25, -0.2) is 4.79 Å². The Morgan fingerprint density at radius 3 is 2.65 bits per heavy atom. The maximum Gasteiger partial charge on any atom is 0.418 e. The quantitative estimate of drug-likeness (QED) is 0.371. The van der Waals surface area contributed by atoms with Crippen molar-refractivity contribution in [1.82, 2.24) is 9.88 Å². The monoisotopic (exact) mass is 420 g/mol. The molecule has 0 saturated carbocycles. The van der Waals surface area contributed by atoms with E-state index in [9.17, 15) is 14.4 Å². The lowest BCUT2D eigenvalue weighted by molar-refractivity contribution is -0.131. The normalized spacial score (nSPS) is 12.0. The van der Waals surface area contributed by atoms with Gasteiger partial charge in [-0.3, -0.25) is 14.2 Å². The number of para-hydroxylation sites is 1. The summed E-state index contributed by atoms with van der Waals surface area (Å²) in [5.41, 5.74) is 2.44. The number of carbonyl (C=O) groups is 3. The number of fused-ring (bicyclic) bond motifs is 1. The zero-order chi connectivity index (χ0) is 22.4. The van der Waals surface area contributed by atoms with Crippen molar-refractivity contribution in [2.24, 2.45) is 0 Å². The van der Waals surface area contributed by atoms with Gasteiger partial charge in [0.05, 0.1) is 12.6 Å². The third kappa shape index (κ3) is 5.60. The van der Waals surface area contributed by atoms with E-state index in [2.05, 4.69) is 5.32 Å². The van der Waals surface area contributed by atoms with Crippen molar-refractivity contribution >= 4 is 34.9 Å². The van der Waals surface area contributed by atoms with E-state index in [1.165, 1.54) is 24.7 Å². The molecule has 3 aromatic rings. The zero-order valence-electron chi connectivity index (χ0n) is 17.6.